The van der Waals surface area contributed by atoms with Gasteiger partial charge in [-0.3, -0.25) is 4.79 Å². The third kappa shape index (κ3) is 6.06. The lowest BCUT2D eigenvalue weighted by Crippen LogP contribution is -2.11. The predicted octanol–water partition coefficient (Wildman–Crippen LogP) is 6.03. The molecule has 6 heteroatoms. The minimum Gasteiger partial charge on any atom is -0.493 e. The van der Waals surface area contributed by atoms with Crippen LogP contribution in [0.15, 0.2) is 66.7 Å². The SMILES string of the molecule is CCCOc1ccccc1C=CC(=O)Nc1sc(-c2ccccc2)cc1C(=O)OCC. The first-order valence-corrected chi connectivity index (χ1v) is 11.0. The van der Waals surface area contributed by atoms with E-state index < -0.39 is 5.97 Å². The smallest absolute Gasteiger partial charge is 0.341 e. The first-order valence-electron chi connectivity index (χ1n) is 10.2. The highest BCUT2D eigenvalue weighted by atomic mass is 32.1. The van der Waals surface area contributed by atoms with Crippen LogP contribution in [0.1, 0.15) is 36.2 Å². The molecule has 0 atom stereocenters. The monoisotopic (exact) mass is 435 g/mol. The molecule has 0 spiro atoms. The van der Waals surface area contributed by atoms with E-state index in [1.165, 1.54) is 17.4 Å². The highest BCUT2D eigenvalue weighted by Crippen LogP contribution is 2.36. The zero-order valence-electron chi connectivity index (χ0n) is 17.6. The fraction of sp³-hybridized carbons (Fsp3) is 0.200. The van der Waals surface area contributed by atoms with Crippen LogP contribution < -0.4 is 10.1 Å². The Morgan fingerprint density at radius 3 is 2.52 bits per heavy atom. The number of carbonyl (C=O) groups is 2. The number of rotatable bonds is 9. The van der Waals surface area contributed by atoms with Gasteiger partial charge < -0.3 is 14.8 Å². The van der Waals surface area contributed by atoms with Crippen LogP contribution in [0.4, 0.5) is 5.00 Å². The van der Waals surface area contributed by atoms with E-state index in [1.54, 1.807) is 19.1 Å². The summed E-state index contributed by atoms with van der Waals surface area (Å²) in [5.41, 5.74) is 2.13. The zero-order chi connectivity index (χ0) is 22.1. The van der Waals surface area contributed by atoms with Crippen LogP contribution in [0, 0.1) is 0 Å². The van der Waals surface area contributed by atoms with Crippen molar-refractivity contribution in [3.05, 3.63) is 77.9 Å². The molecule has 1 aromatic heterocycles. The Hall–Kier alpha value is -3.38. The quantitative estimate of drug-likeness (QED) is 0.329. The van der Waals surface area contributed by atoms with Crippen LogP contribution in [0.5, 0.6) is 5.75 Å². The molecule has 0 saturated heterocycles. The van der Waals surface area contributed by atoms with Crippen molar-refractivity contribution in [3.63, 3.8) is 0 Å². The second-order valence-corrected chi connectivity index (χ2v) is 7.70. The van der Waals surface area contributed by atoms with E-state index in [-0.39, 0.29) is 12.5 Å². The lowest BCUT2D eigenvalue weighted by molar-refractivity contribution is -0.111. The maximum Gasteiger partial charge on any atom is 0.341 e. The third-order valence-corrected chi connectivity index (χ3v) is 5.42. The molecule has 2 aromatic carbocycles. The Labute approximate surface area is 186 Å². The molecule has 0 aliphatic carbocycles. The molecule has 1 amide bonds. The van der Waals surface area contributed by atoms with Gasteiger partial charge in [0, 0.05) is 16.5 Å². The van der Waals surface area contributed by atoms with Gasteiger partial charge in [-0.15, -0.1) is 11.3 Å². The molecule has 0 bridgehead atoms. The van der Waals surface area contributed by atoms with Crippen molar-refractivity contribution in [2.75, 3.05) is 18.5 Å². The third-order valence-electron chi connectivity index (χ3n) is 4.32. The summed E-state index contributed by atoms with van der Waals surface area (Å²) in [6.07, 6.45) is 4.04. The van der Waals surface area contributed by atoms with E-state index >= 15 is 0 Å². The van der Waals surface area contributed by atoms with Crippen molar-refractivity contribution in [1.29, 1.82) is 0 Å². The van der Waals surface area contributed by atoms with Crippen LogP contribution in [0.3, 0.4) is 0 Å². The van der Waals surface area contributed by atoms with E-state index in [0.29, 0.717) is 17.2 Å². The molecule has 3 rings (SSSR count). The van der Waals surface area contributed by atoms with Crippen molar-refractivity contribution in [3.8, 4) is 16.2 Å². The van der Waals surface area contributed by atoms with Gasteiger partial charge in [0.2, 0.25) is 5.91 Å². The minimum atomic E-state index is -0.460. The lowest BCUT2D eigenvalue weighted by atomic mass is 10.1. The molecule has 1 N–H and O–H groups in total. The summed E-state index contributed by atoms with van der Waals surface area (Å²) < 4.78 is 10.9. The van der Waals surface area contributed by atoms with Gasteiger partial charge in [0.05, 0.1) is 18.8 Å². The largest absolute Gasteiger partial charge is 0.493 e. The molecular weight excluding hydrogens is 410 g/mol. The number of amides is 1. The maximum atomic E-state index is 12.6. The summed E-state index contributed by atoms with van der Waals surface area (Å²) in [6.45, 7) is 4.66. The number of hydrogen-bond acceptors (Lipinski definition) is 5. The van der Waals surface area contributed by atoms with Gasteiger partial charge in [0.1, 0.15) is 10.8 Å². The molecule has 3 aromatic rings. The Bertz CT molecular complexity index is 1060. The van der Waals surface area contributed by atoms with Gasteiger partial charge in [-0.05, 0) is 37.1 Å². The van der Waals surface area contributed by atoms with Crippen LogP contribution in [-0.2, 0) is 9.53 Å². The number of thiophene rings is 1. The average molecular weight is 436 g/mol. The molecule has 0 fully saturated rings. The van der Waals surface area contributed by atoms with Gasteiger partial charge in [0.25, 0.3) is 0 Å². The highest BCUT2D eigenvalue weighted by molar-refractivity contribution is 7.20. The first-order chi connectivity index (χ1) is 15.1. The second kappa shape index (κ2) is 11.1. The van der Waals surface area contributed by atoms with Gasteiger partial charge in [-0.1, -0.05) is 55.5 Å². The number of nitrogens with one attached hydrogen (secondary N) is 1. The summed E-state index contributed by atoms with van der Waals surface area (Å²) in [5, 5.41) is 3.28. The number of carbonyl (C=O) groups excluding carboxylic acids is 2. The van der Waals surface area contributed by atoms with E-state index in [9.17, 15) is 9.59 Å². The summed E-state index contributed by atoms with van der Waals surface area (Å²) in [5.74, 6) is -0.0704. The number of para-hydroxylation sites is 1. The van der Waals surface area contributed by atoms with Gasteiger partial charge in [-0.25, -0.2) is 4.79 Å². The van der Waals surface area contributed by atoms with Gasteiger partial charge >= 0.3 is 5.97 Å². The number of hydrogen-bond donors (Lipinski definition) is 1. The van der Waals surface area contributed by atoms with E-state index in [2.05, 4.69) is 5.32 Å². The van der Waals surface area contributed by atoms with Gasteiger partial charge in [-0.2, -0.15) is 0 Å². The van der Waals surface area contributed by atoms with Crippen molar-refractivity contribution >= 4 is 34.3 Å². The molecular formula is C25H25NO4S. The molecule has 0 aliphatic rings. The first kappa shape index (κ1) is 22.3. The van der Waals surface area contributed by atoms with Crippen molar-refractivity contribution in [1.82, 2.24) is 0 Å². The number of ether oxygens (including phenoxy) is 2. The topological polar surface area (TPSA) is 64.6 Å². The van der Waals surface area contributed by atoms with E-state index in [4.69, 9.17) is 9.47 Å². The highest BCUT2D eigenvalue weighted by Gasteiger charge is 2.19. The van der Waals surface area contributed by atoms with E-state index in [1.807, 2.05) is 61.5 Å². The summed E-state index contributed by atoms with van der Waals surface area (Å²) in [7, 11) is 0. The average Bonchev–Trinajstić information content (AvgIpc) is 3.21. The normalized spacial score (nSPS) is 10.8. The summed E-state index contributed by atoms with van der Waals surface area (Å²) in [6, 6.07) is 19.0. The minimum absolute atomic E-state index is 0.261. The van der Waals surface area contributed by atoms with Crippen LogP contribution in [-0.4, -0.2) is 25.1 Å². The number of esters is 1. The Kier molecular flexibility index (Phi) is 8.01. The number of anilines is 1. The fourth-order valence-corrected chi connectivity index (χ4v) is 3.92. The standard InChI is InChI=1S/C25H25NO4S/c1-3-16-30-21-13-9-8-10-18(21)14-15-23(27)26-24-20(25(28)29-4-2)17-22(31-24)19-11-6-5-7-12-19/h5-15,17H,3-4,16H2,1-2H3,(H,26,27). The zero-order valence-corrected chi connectivity index (χ0v) is 18.4. The fourth-order valence-electron chi connectivity index (χ4n) is 2.87. The van der Waals surface area contributed by atoms with Crippen LogP contribution in [0.2, 0.25) is 0 Å². The molecule has 31 heavy (non-hydrogen) atoms. The number of benzene rings is 2. The van der Waals surface area contributed by atoms with Crippen LogP contribution in [0.25, 0.3) is 16.5 Å². The molecule has 0 unspecified atom stereocenters. The summed E-state index contributed by atoms with van der Waals surface area (Å²) >= 11 is 1.34. The summed E-state index contributed by atoms with van der Waals surface area (Å²) in [4.78, 5) is 25.9. The molecule has 0 saturated carbocycles. The van der Waals surface area contributed by atoms with Gasteiger partial charge in [0.15, 0.2) is 0 Å². The van der Waals surface area contributed by atoms with Crippen LogP contribution >= 0.6 is 11.3 Å². The lowest BCUT2D eigenvalue weighted by Gasteiger charge is -2.07. The molecule has 0 aliphatic heterocycles. The maximum absolute atomic E-state index is 12.6. The Morgan fingerprint density at radius 1 is 1.03 bits per heavy atom. The van der Waals surface area contributed by atoms with Crippen molar-refractivity contribution < 1.29 is 19.1 Å². The second-order valence-electron chi connectivity index (χ2n) is 6.65. The van der Waals surface area contributed by atoms with Crippen molar-refractivity contribution in [2.45, 2.75) is 20.3 Å². The molecule has 5 nitrogen and oxygen atoms in total. The Morgan fingerprint density at radius 2 is 1.77 bits per heavy atom. The molecule has 160 valence electrons. The molecule has 1 heterocycles. The molecule has 0 radical (unpaired) electrons. The predicted molar refractivity (Wildman–Crippen MR) is 126 cm³/mol. The Balaban J connectivity index is 1.81. The van der Waals surface area contributed by atoms with E-state index in [0.717, 1.165) is 28.2 Å². The van der Waals surface area contributed by atoms with Crippen molar-refractivity contribution in [2.24, 2.45) is 0 Å².